The summed E-state index contributed by atoms with van der Waals surface area (Å²) >= 11 is 0.671. The summed E-state index contributed by atoms with van der Waals surface area (Å²) in [5.41, 5.74) is 2.37. The molecule has 0 aliphatic carbocycles. The van der Waals surface area contributed by atoms with Gasteiger partial charge in [0.15, 0.2) is 0 Å². The third-order valence-electron chi connectivity index (χ3n) is 3.28. The minimum Gasteiger partial charge on any atom is -0.591 e. The van der Waals surface area contributed by atoms with E-state index in [9.17, 15) is 4.55 Å². The molecule has 3 atom stereocenters. The highest BCUT2D eigenvalue weighted by Crippen LogP contribution is 2.45. The normalized spacial score (nSPS) is 25.3. The molecule has 1 aromatic rings. The molecule has 2 unspecified atom stereocenters. The van der Waals surface area contributed by atoms with Gasteiger partial charge in [-0.2, -0.15) is 0 Å². The molecule has 0 aromatic heterocycles. The van der Waals surface area contributed by atoms with Crippen LogP contribution in [0.15, 0.2) is 33.6 Å². The van der Waals surface area contributed by atoms with E-state index < -0.39 is 11.4 Å². The lowest BCUT2D eigenvalue weighted by molar-refractivity contribution is 0.561. The van der Waals surface area contributed by atoms with E-state index in [1.54, 1.807) is 0 Å². The fourth-order valence-electron chi connectivity index (χ4n) is 2.13. The van der Waals surface area contributed by atoms with Crippen LogP contribution in [0.25, 0.3) is 0 Å². The standard InChI is InChI=1S/C15H21NOS2/c1-10-12-8-6-7-9-13(12)18-14(10)11(2)16-19(17)15(3,4)5/h6-10,14H,1-5H3/b16-11+/t10?,14?,19-/m1/s1. The fourth-order valence-corrected chi connectivity index (χ4v) is 4.24. The van der Waals surface area contributed by atoms with Crippen LogP contribution in [0.5, 0.6) is 0 Å². The molecule has 19 heavy (non-hydrogen) atoms. The van der Waals surface area contributed by atoms with Gasteiger partial charge in [-0.3, -0.25) is 0 Å². The Labute approximate surface area is 123 Å². The Morgan fingerprint density at radius 1 is 1.32 bits per heavy atom. The third-order valence-corrected chi connectivity index (χ3v) is 6.41. The van der Waals surface area contributed by atoms with Crippen LogP contribution in [0.4, 0.5) is 0 Å². The van der Waals surface area contributed by atoms with E-state index in [-0.39, 0.29) is 4.75 Å². The van der Waals surface area contributed by atoms with Crippen LogP contribution < -0.4 is 0 Å². The molecule has 0 bridgehead atoms. The Kier molecular flexibility index (Phi) is 4.33. The average molecular weight is 295 g/mol. The number of nitrogens with zero attached hydrogens (tertiary/aromatic N) is 1. The van der Waals surface area contributed by atoms with Gasteiger partial charge in [-0.1, -0.05) is 29.5 Å². The molecule has 2 rings (SSSR count). The van der Waals surface area contributed by atoms with Crippen LogP contribution in [0.2, 0.25) is 0 Å². The maximum Gasteiger partial charge on any atom is 0.144 e. The largest absolute Gasteiger partial charge is 0.591 e. The van der Waals surface area contributed by atoms with Crippen molar-refractivity contribution < 1.29 is 4.55 Å². The van der Waals surface area contributed by atoms with E-state index in [4.69, 9.17) is 0 Å². The van der Waals surface area contributed by atoms with Gasteiger partial charge >= 0.3 is 0 Å². The van der Waals surface area contributed by atoms with Crippen molar-refractivity contribution in [3.05, 3.63) is 29.8 Å². The van der Waals surface area contributed by atoms with E-state index in [0.29, 0.717) is 11.2 Å². The zero-order valence-corrected chi connectivity index (χ0v) is 13.8. The lowest BCUT2D eigenvalue weighted by Gasteiger charge is -2.21. The molecule has 0 saturated carbocycles. The quantitative estimate of drug-likeness (QED) is 0.606. The molecule has 1 heterocycles. The Morgan fingerprint density at radius 2 is 1.95 bits per heavy atom. The van der Waals surface area contributed by atoms with E-state index in [0.717, 1.165) is 5.71 Å². The first kappa shape index (κ1) is 14.9. The van der Waals surface area contributed by atoms with E-state index in [1.165, 1.54) is 10.5 Å². The summed E-state index contributed by atoms with van der Waals surface area (Å²) in [6, 6.07) is 8.49. The molecule has 104 valence electrons. The molecular weight excluding hydrogens is 274 g/mol. The van der Waals surface area contributed by atoms with Gasteiger partial charge in [0.05, 0.1) is 11.0 Å². The van der Waals surface area contributed by atoms with E-state index in [1.807, 2.05) is 39.5 Å². The predicted molar refractivity (Wildman–Crippen MR) is 85.5 cm³/mol. The van der Waals surface area contributed by atoms with Crippen molar-refractivity contribution in [2.24, 2.45) is 4.40 Å². The lowest BCUT2D eigenvalue weighted by Crippen LogP contribution is -2.28. The number of hydrogen-bond donors (Lipinski definition) is 0. The van der Waals surface area contributed by atoms with Crippen molar-refractivity contribution in [3.63, 3.8) is 0 Å². The van der Waals surface area contributed by atoms with Gasteiger partial charge in [-0.25, -0.2) is 0 Å². The van der Waals surface area contributed by atoms with Crippen LogP contribution >= 0.6 is 11.8 Å². The molecule has 2 nitrogen and oxygen atoms in total. The van der Waals surface area contributed by atoms with E-state index >= 15 is 0 Å². The summed E-state index contributed by atoms with van der Waals surface area (Å²) < 4.78 is 16.3. The van der Waals surface area contributed by atoms with Gasteiger partial charge in [0, 0.05) is 4.90 Å². The van der Waals surface area contributed by atoms with Crippen LogP contribution in [0.1, 0.15) is 46.1 Å². The number of fused-ring (bicyclic) bond motifs is 1. The Bertz CT molecular complexity index is 493. The summed E-state index contributed by atoms with van der Waals surface area (Å²) in [4.78, 5) is 1.33. The van der Waals surface area contributed by atoms with Crippen LogP contribution in [0, 0.1) is 0 Å². The molecule has 0 spiro atoms. The van der Waals surface area contributed by atoms with Crippen LogP contribution in [0.3, 0.4) is 0 Å². The maximum absolute atomic E-state index is 12.1. The second-order valence-corrected chi connectivity index (χ2v) is 9.05. The van der Waals surface area contributed by atoms with Gasteiger partial charge in [0.2, 0.25) is 0 Å². The minimum absolute atomic E-state index is 0.291. The highest BCUT2D eigenvalue weighted by molar-refractivity contribution is 8.01. The molecule has 1 aliphatic heterocycles. The summed E-state index contributed by atoms with van der Waals surface area (Å²) in [5, 5.41) is 0.309. The van der Waals surface area contributed by atoms with E-state index in [2.05, 4.69) is 35.6 Å². The first-order valence-corrected chi connectivity index (χ1v) is 8.52. The van der Waals surface area contributed by atoms with Crippen molar-refractivity contribution in [2.75, 3.05) is 0 Å². The molecule has 0 N–H and O–H groups in total. The highest BCUT2D eigenvalue weighted by Gasteiger charge is 2.34. The van der Waals surface area contributed by atoms with Gasteiger partial charge in [0.25, 0.3) is 0 Å². The van der Waals surface area contributed by atoms with Crippen molar-refractivity contribution in [2.45, 2.75) is 55.4 Å². The second-order valence-electron chi connectivity index (χ2n) is 5.96. The van der Waals surface area contributed by atoms with Crippen molar-refractivity contribution in [3.8, 4) is 0 Å². The lowest BCUT2D eigenvalue weighted by atomic mass is 9.96. The summed E-state index contributed by atoms with van der Waals surface area (Å²) in [6.45, 7) is 10.1. The van der Waals surface area contributed by atoms with Gasteiger partial charge in [-0.05, 0) is 45.2 Å². The zero-order valence-electron chi connectivity index (χ0n) is 12.1. The first-order chi connectivity index (χ1) is 8.80. The summed E-state index contributed by atoms with van der Waals surface area (Å²) in [7, 11) is 0. The molecule has 0 amide bonds. The van der Waals surface area contributed by atoms with Crippen LogP contribution in [-0.4, -0.2) is 20.3 Å². The molecule has 4 heteroatoms. The topological polar surface area (TPSA) is 35.4 Å². The average Bonchev–Trinajstić information content (AvgIpc) is 2.66. The first-order valence-electron chi connectivity index (χ1n) is 6.53. The second kappa shape index (κ2) is 5.51. The van der Waals surface area contributed by atoms with Crippen LogP contribution in [-0.2, 0) is 11.4 Å². The minimum atomic E-state index is -1.17. The van der Waals surface area contributed by atoms with Gasteiger partial charge < -0.3 is 4.55 Å². The Balaban J connectivity index is 2.19. The fraction of sp³-hybridized carbons (Fsp3) is 0.533. The molecular formula is C15H21NOS2. The monoisotopic (exact) mass is 295 g/mol. The molecule has 0 radical (unpaired) electrons. The number of thioether (sulfide) groups is 1. The SMILES string of the molecule is C/C(=N\[S@+]([O-])C(C)(C)C)C1Sc2ccccc2C1C. The maximum atomic E-state index is 12.1. The molecule has 1 aliphatic rings. The Morgan fingerprint density at radius 3 is 2.53 bits per heavy atom. The van der Waals surface area contributed by atoms with Gasteiger partial charge in [-0.15, -0.1) is 11.8 Å². The van der Waals surface area contributed by atoms with Crippen molar-refractivity contribution in [1.82, 2.24) is 0 Å². The highest BCUT2D eigenvalue weighted by atomic mass is 32.2. The molecule has 0 fully saturated rings. The summed E-state index contributed by atoms with van der Waals surface area (Å²) in [5.74, 6) is 0.432. The molecule has 1 aromatic carbocycles. The number of benzene rings is 1. The predicted octanol–water partition coefficient (Wildman–Crippen LogP) is 4.19. The van der Waals surface area contributed by atoms with Gasteiger partial charge in [0.1, 0.15) is 16.1 Å². The van der Waals surface area contributed by atoms with Crippen molar-refractivity contribution in [1.29, 1.82) is 0 Å². The Hall–Kier alpha value is -0.450. The van der Waals surface area contributed by atoms with Crippen molar-refractivity contribution >= 4 is 28.8 Å². The third kappa shape index (κ3) is 3.18. The molecule has 0 saturated heterocycles. The smallest absolute Gasteiger partial charge is 0.144 e. The zero-order chi connectivity index (χ0) is 14.2. The summed E-state index contributed by atoms with van der Waals surface area (Å²) in [6.07, 6.45) is 0. The number of hydrogen-bond acceptors (Lipinski definition) is 3. The number of rotatable bonds is 2.